The molecule has 0 spiro atoms. The Bertz CT molecular complexity index is 676. The zero-order valence-corrected chi connectivity index (χ0v) is 13.3. The number of carbonyl (C=O) groups excluding carboxylic acids is 1. The number of aromatic hydroxyl groups is 1. The first-order chi connectivity index (χ1) is 10.1. The van der Waals surface area contributed by atoms with Gasteiger partial charge in [-0.2, -0.15) is 0 Å². The van der Waals surface area contributed by atoms with E-state index in [9.17, 15) is 14.7 Å². The molecular weight excluding hydrogens is 280 g/mol. The molecule has 2 unspecified atom stereocenters. The first kappa shape index (κ1) is 15.1. The van der Waals surface area contributed by atoms with Gasteiger partial charge in [0.15, 0.2) is 0 Å². The number of carboxylic acids is 1. The molecule has 2 saturated carbocycles. The number of fused-ring (bicyclic) bond motifs is 2. The van der Waals surface area contributed by atoms with E-state index in [1.54, 1.807) is 12.1 Å². The van der Waals surface area contributed by atoms with E-state index in [4.69, 9.17) is 5.11 Å². The van der Waals surface area contributed by atoms with Crippen LogP contribution in [0.1, 0.15) is 56.0 Å². The summed E-state index contributed by atoms with van der Waals surface area (Å²) in [4.78, 5) is 23.6. The van der Waals surface area contributed by atoms with Crippen LogP contribution in [-0.4, -0.2) is 22.0 Å². The number of benzene rings is 1. The van der Waals surface area contributed by atoms with Crippen molar-refractivity contribution in [2.45, 2.75) is 46.5 Å². The van der Waals surface area contributed by atoms with Crippen molar-refractivity contribution in [1.29, 1.82) is 0 Å². The number of hydrogen-bond donors (Lipinski definition) is 2. The lowest BCUT2D eigenvalue weighted by Gasteiger charge is -2.40. The van der Waals surface area contributed by atoms with Crippen LogP contribution in [0.5, 0.6) is 5.75 Å². The van der Waals surface area contributed by atoms with Gasteiger partial charge in [0.25, 0.3) is 0 Å². The number of hydrogen-bond acceptors (Lipinski definition) is 3. The van der Waals surface area contributed by atoms with Crippen molar-refractivity contribution in [1.82, 2.24) is 0 Å². The van der Waals surface area contributed by atoms with Gasteiger partial charge >= 0.3 is 5.97 Å². The number of rotatable bonds is 3. The summed E-state index contributed by atoms with van der Waals surface area (Å²) < 4.78 is 0. The second-order valence-corrected chi connectivity index (χ2v) is 7.67. The molecule has 4 heteroatoms. The topological polar surface area (TPSA) is 74.6 Å². The van der Waals surface area contributed by atoms with E-state index in [0.29, 0.717) is 18.6 Å². The third-order valence-corrected chi connectivity index (χ3v) is 6.76. The van der Waals surface area contributed by atoms with Gasteiger partial charge < -0.3 is 10.2 Å². The summed E-state index contributed by atoms with van der Waals surface area (Å²) in [5, 5.41) is 18.8. The molecule has 0 radical (unpaired) electrons. The van der Waals surface area contributed by atoms with Crippen LogP contribution in [0.2, 0.25) is 0 Å². The van der Waals surface area contributed by atoms with Crippen molar-refractivity contribution < 1.29 is 19.8 Å². The van der Waals surface area contributed by atoms with Crippen molar-refractivity contribution >= 4 is 11.8 Å². The van der Waals surface area contributed by atoms with E-state index in [1.807, 2.05) is 0 Å². The predicted octanol–water partition coefficient (Wildman–Crippen LogP) is 3.42. The van der Waals surface area contributed by atoms with Crippen molar-refractivity contribution in [2.75, 3.05) is 0 Å². The number of carbonyl (C=O) groups is 2. The van der Waals surface area contributed by atoms with Crippen LogP contribution in [0, 0.1) is 16.2 Å². The third-order valence-electron chi connectivity index (χ3n) is 6.76. The van der Waals surface area contributed by atoms with Gasteiger partial charge in [-0.05, 0) is 47.8 Å². The second kappa shape index (κ2) is 4.34. The van der Waals surface area contributed by atoms with Gasteiger partial charge in [-0.3, -0.25) is 4.79 Å². The highest BCUT2D eigenvalue weighted by Crippen LogP contribution is 2.71. The summed E-state index contributed by atoms with van der Waals surface area (Å²) >= 11 is 0. The predicted molar refractivity (Wildman–Crippen MR) is 81.9 cm³/mol. The highest BCUT2D eigenvalue weighted by atomic mass is 16.4. The molecule has 2 aliphatic carbocycles. The van der Waals surface area contributed by atoms with Gasteiger partial charge in [-0.25, -0.2) is 4.79 Å². The summed E-state index contributed by atoms with van der Waals surface area (Å²) in [5.74, 6) is -1.01. The molecule has 0 heterocycles. The van der Waals surface area contributed by atoms with E-state index >= 15 is 0 Å². The Morgan fingerprint density at radius 3 is 2.41 bits per heavy atom. The first-order valence-corrected chi connectivity index (χ1v) is 7.71. The SMILES string of the molecule is CC12CCC(Cc3ccc(O)c(C(=O)O)c3)(CC1=O)C2(C)C. The third kappa shape index (κ3) is 1.70. The Morgan fingerprint density at radius 1 is 1.23 bits per heavy atom. The standard InChI is InChI=1S/C18H22O4/c1-16(2)17(3)6-7-18(16,10-14(17)20)9-11-4-5-13(19)12(8-11)15(21)22/h4-5,8,19H,6-7,9-10H2,1-3H3,(H,21,22). The molecule has 0 aromatic heterocycles. The Hall–Kier alpha value is -1.84. The minimum Gasteiger partial charge on any atom is -0.507 e. The Labute approximate surface area is 130 Å². The number of ketones is 1. The second-order valence-electron chi connectivity index (χ2n) is 7.67. The molecule has 0 amide bonds. The fourth-order valence-corrected chi connectivity index (χ4v) is 4.63. The zero-order valence-electron chi connectivity index (χ0n) is 13.3. The number of phenols is 1. The van der Waals surface area contributed by atoms with Crippen LogP contribution in [0.15, 0.2) is 18.2 Å². The fourth-order valence-electron chi connectivity index (χ4n) is 4.63. The normalized spacial score (nSPS) is 32.4. The van der Waals surface area contributed by atoms with Gasteiger partial charge in [-0.15, -0.1) is 0 Å². The average molecular weight is 302 g/mol. The monoisotopic (exact) mass is 302 g/mol. The first-order valence-electron chi connectivity index (χ1n) is 7.71. The quantitative estimate of drug-likeness (QED) is 0.897. The van der Waals surface area contributed by atoms with E-state index < -0.39 is 5.97 Å². The molecule has 0 aliphatic heterocycles. The number of carboxylic acid groups (broad SMARTS) is 1. The molecular formula is C18H22O4. The van der Waals surface area contributed by atoms with Crippen molar-refractivity contribution in [2.24, 2.45) is 16.2 Å². The lowest BCUT2D eigenvalue weighted by Crippen LogP contribution is -2.36. The van der Waals surface area contributed by atoms with E-state index in [0.717, 1.165) is 18.4 Å². The van der Waals surface area contributed by atoms with Crippen molar-refractivity contribution in [3.63, 3.8) is 0 Å². The van der Waals surface area contributed by atoms with Gasteiger partial charge in [0, 0.05) is 11.8 Å². The molecule has 2 bridgehead atoms. The summed E-state index contributed by atoms with van der Waals surface area (Å²) in [6, 6.07) is 4.75. The van der Waals surface area contributed by atoms with Crippen LogP contribution in [-0.2, 0) is 11.2 Å². The molecule has 1 aromatic rings. The molecule has 2 N–H and O–H groups in total. The van der Waals surface area contributed by atoms with Gasteiger partial charge in [0.05, 0.1) is 0 Å². The van der Waals surface area contributed by atoms with E-state index in [2.05, 4.69) is 20.8 Å². The molecule has 2 aliphatic rings. The highest BCUT2D eigenvalue weighted by molar-refractivity contribution is 5.91. The molecule has 2 atom stereocenters. The number of Topliss-reactive ketones (excluding diaryl/α,β-unsaturated/α-hetero) is 1. The van der Waals surface area contributed by atoms with Gasteiger partial charge in [-0.1, -0.05) is 26.8 Å². The smallest absolute Gasteiger partial charge is 0.339 e. The van der Waals surface area contributed by atoms with Crippen molar-refractivity contribution in [3.05, 3.63) is 29.3 Å². The molecule has 22 heavy (non-hydrogen) atoms. The largest absolute Gasteiger partial charge is 0.507 e. The molecule has 1 aromatic carbocycles. The van der Waals surface area contributed by atoms with Crippen LogP contribution < -0.4 is 0 Å². The molecule has 2 fully saturated rings. The zero-order chi connectivity index (χ0) is 16.3. The number of aromatic carboxylic acids is 1. The lowest BCUT2D eigenvalue weighted by atomic mass is 9.63. The average Bonchev–Trinajstić information content (AvgIpc) is 2.70. The Kier molecular flexibility index (Phi) is 2.97. The molecule has 3 rings (SSSR count). The van der Waals surface area contributed by atoms with E-state index in [1.165, 1.54) is 6.07 Å². The van der Waals surface area contributed by atoms with Gasteiger partial charge in [0.2, 0.25) is 0 Å². The van der Waals surface area contributed by atoms with Crippen LogP contribution in [0.25, 0.3) is 0 Å². The Balaban J connectivity index is 1.99. The summed E-state index contributed by atoms with van der Waals surface area (Å²) in [5.41, 5.74) is 0.336. The Morgan fingerprint density at radius 2 is 1.91 bits per heavy atom. The maximum Gasteiger partial charge on any atom is 0.339 e. The van der Waals surface area contributed by atoms with Crippen molar-refractivity contribution in [3.8, 4) is 5.75 Å². The minimum atomic E-state index is -1.13. The van der Waals surface area contributed by atoms with Crippen LogP contribution >= 0.6 is 0 Å². The fraction of sp³-hybridized carbons (Fsp3) is 0.556. The van der Waals surface area contributed by atoms with Gasteiger partial charge in [0.1, 0.15) is 17.1 Å². The minimum absolute atomic E-state index is 0.0724. The van der Waals surface area contributed by atoms with E-state index in [-0.39, 0.29) is 27.6 Å². The molecule has 118 valence electrons. The molecule has 4 nitrogen and oxygen atoms in total. The summed E-state index contributed by atoms with van der Waals surface area (Å²) in [6.07, 6.45) is 3.15. The molecule has 0 saturated heterocycles. The van der Waals surface area contributed by atoms with Crippen LogP contribution in [0.3, 0.4) is 0 Å². The maximum atomic E-state index is 12.5. The highest BCUT2D eigenvalue weighted by Gasteiger charge is 2.69. The van der Waals surface area contributed by atoms with Crippen LogP contribution in [0.4, 0.5) is 0 Å². The maximum absolute atomic E-state index is 12.5. The summed E-state index contributed by atoms with van der Waals surface area (Å²) in [7, 11) is 0. The lowest BCUT2D eigenvalue weighted by molar-refractivity contribution is -0.128. The summed E-state index contributed by atoms with van der Waals surface area (Å²) in [6.45, 7) is 6.41.